The summed E-state index contributed by atoms with van der Waals surface area (Å²) in [7, 11) is 0. The molecule has 0 amide bonds. The molecule has 122 valence electrons. The number of fused-ring (bicyclic) bond motifs is 1. The van der Waals surface area contributed by atoms with Crippen LogP contribution in [0.1, 0.15) is 23.0 Å². The molecule has 6 nitrogen and oxygen atoms in total. The monoisotopic (exact) mass is 323 g/mol. The number of carbonyl (C=O) groups excluding carboxylic acids is 1. The summed E-state index contributed by atoms with van der Waals surface area (Å²) in [6.45, 7) is 3.92. The molecule has 0 saturated heterocycles. The van der Waals surface area contributed by atoms with Crippen molar-refractivity contribution in [3.05, 3.63) is 53.9 Å². The van der Waals surface area contributed by atoms with Crippen LogP contribution in [0.15, 0.2) is 42.6 Å². The van der Waals surface area contributed by atoms with E-state index in [9.17, 15) is 9.90 Å². The number of aromatic hydroxyl groups is 1. The summed E-state index contributed by atoms with van der Waals surface area (Å²) in [4.78, 5) is 20.9. The summed E-state index contributed by atoms with van der Waals surface area (Å²) in [6, 6.07) is 10.3. The topological polar surface area (TPSA) is 84.3 Å². The second-order valence-electron chi connectivity index (χ2n) is 5.26. The van der Waals surface area contributed by atoms with Crippen LogP contribution in [0.5, 0.6) is 5.75 Å². The lowest BCUT2D eigenvalue weighted by atomic mass is 10.1. The highest BCUT2D eigenvalue weighted by molar-refractivity contribution is 6.05. The number of carbonyl (C=O) groups is 1. The van der Waals surface area contributed by atoms with Crippen molar-refractivity contribution in [3.8, 4) is 5.75 Å². The maximum Gasteiger partial charge on any atom is 0.341 e. The molecule has 1 aromatic carbocycles. The predicted octanol–water partition coefficient (Wildman–Crippen LogP) is 3.56. The fourth-order valence-electron chi connectivity index (χ4n) is 2.36. The third kappa shape index (κ3) is 3.12. The standard InChI is InChI=1S/C18H17N3O3/c1-3-24-18(23)15-10-19-17-14(9-4-11(2)20-17)16(15)21-12-5-7-13(22)8-6-12/h4-10,22H,3H2,1-2H3,(H,19,20,21). The van der Waals surface area contributed by atoms with Gasteiger partial charge in [0.05, 0.1) is 12.3 Å². The minimum absolute atomic E-state index is 0.169. The van der Waals surface area contributed by atoms with Crippen molar-refractivity contribution in [3.63, 3.8) is 0 Å². The zero-order valence-corrected chi connectivity index (χ0v) is 13.4. The Labute approximate surface area is 139 Å². The minimum Gasteiger partial charge on any atom is -0.508 e. The number of ether oxygens (including phenoxy) is 1. The number of nitrogens with one attached hydrogen (secondary N) is 1. The molecular formula is C18H17N3O3. The van der Waals surface area contributed by atoms with Gasteiger partial charge < -0.3 is 15.2 Å². The molecule has 0 unspecified atom stereocenters. The van der Waals surface area contributed by atoms with Gasteiger partial charge in [-0.05, 0) is 50.2 Å². The fraction of sp³-hybridized carbons (Fsp3) is 0.167. The van der Waals surface area contributed by atoms with Gasteiger partial charge in [-0.1, -0.05) is 0 Å². The van der Waals surface area contributed by atoms with Crippen molar-refractivity contribution >= 4 is 28.4 Å². The summed E-state index contributed by atoms with van der Waals surface area (Å²) in [6.07, 6.45) is 1.47. The van der Waals surface area contributed by atoms with Gasteiger partial charge in [-0.25, -0.2) is 14.8 Å². The molecule has 0 radical (unpaired) electrons. The number of hydrogen-bond donors (Lipinski definition) is 2. The first-order chi connectivity index (χ1) is 11.6. The maximum atomic E-state index is 12.3. The number of aryl methyl sites for hydroxylation is 1. The summed E-state index contributed by atoms with van der Waals surface area (Å²) in [5, 5.41) is 13.3. The second-order valence-corrected chi connectivity index (χ2v) is 5.26. The first-order valence-electron chi connectivity index (χ1n) is 7.58. The Morgan fingerprint density at radius 3 is 2.67 bits per heavy atom. The highest BCUT2D eigenvalue weighted by Gasteiger charge is 2.17. The summed E-state index contributed by atoms with van der Waals surface area (Å²) in [5.41, 5.74) is 3.03. The second kappa shape index (κ2) is 6.54. The van der Waals surface area contributed by atoms with E-state index in [0.717, 1.165) is 16.8 Å². The van der Waals surface area contributed by atoms with E-state index in [1.54, 1.807) is 31.2 Å². The van der Waals surface area contributed by atoms with Crippen molar-refractivity contribution in [2.75, 3.05) is 11.9 Å². The zero-order chi connectivity index (χ0) is 17.1. The van der Waals surface area contributed by atoms with Gasteiger partial charge in [0.1, 0.15) is 11.3 Å². The molecular weight excluding hydrogens is 306 g/mol. The van der Waals surface area contributed by atoms with Crippen LogP contribution in [0.3, 0.4) is 0 Å². The van der Waals surface area contributed by atoms with Crippen LogP contribution in [-0.2, 0) is 4.74 Å². The van der Waals surface area contributed by atoms with Gasteiger partial charge in [-0.3, -0.25) is 0 Å². The van der Waals surface area contributed by atoms with Gasteiger partial charge in [0.15, 0.2) is 5.65 Å². The van der Waals surface area contributed by atoms with Crippen LogP contribution in [0.2, 0.25) is 0 Å². The number of benzene rings is 1. The van der Waals surface area contributed by atoms with Gasteiger partial charge in [0.25, 0.3) is 0 Å². The number of rotatable bonds is 4. The lowest BCUT2D eigenvalue weighted by molar-refractivity contribution is 0.0527. The molecule has 0 bridgehead atoms. The Morgan fingerprint density at radius 2 is 1.96 bits per heavy atom. The number of hydrogen-bond acceptors (Lipinski definition) is 6. The summed E-state index contributed by atoms with van der Waals surface area (Å²) < 4.78 is 5.12. The highest BCUT2D eigenvalue weighted by Crippen LogP contribution is 2.29. The average Bonchev–Trinajstić information content (AvgIpc) is 2.57. The van der Waals surface area contributed by atoms with E-state index in [0.29, 0.717) is 16.9 Å². The number of esters is 1. The normalized spacial score (nSPS) is 10.6. The molecule has 0 atom stereocenters. The number of aromatic nitrogens is 2. The van der Waals surface area contributed by atoms with Gasteiger partial charge >= 0.3 is 5.97 Å². The lowest BCUT2D eigenvalue weighted by Gasteiger charge is -2.14. The van der Waals surface area contributed by atoms with Crippen LogP contribution >= 0.6 is 0 Å². The Hall–Kier alpha value is -3.15. The van der Waals surface area contributed by atoms with Gasteiger partial charge in [0, 0.05) is 23.0 Å². The van der Waals surface area contributed by atoms with Gasteiger partial charge in [-0.2, -0.15) is 0 Å². The molecule has 0 aliphatic heterocycles. The number of phenolic OH excluding ortho intramolecular Hbond substituents is 1. The smallest absolute Gasteiger partial charge is 0.341 e. The molecule has 6 heteroatoms. The van der Waals surface area contributed by atoms with Gasteiger partial charge in [-0.15, -0.1) is 0 Å². The van der Waals surface area contributed by atoms with E-state index >= 15 is 0 Å². The molecule has 0 fully saturated rings. The molecule has 2 N–H and O–H groups in total. The van der Waals surface area contributed by atoms with E-state index in [2.05, 4.69) is 15.3 Å². The Balaban J connectivity index is 2.14. The van der Waals surface area contributed by atoms with Crippen LogP contribution in [0.4, 0.5) is 11.4 Å². The van der Waals surface area contributed by atoms with Crippen molar-refractivity contribution in [2.45, 2.75) is 13.8 Å². The summed E-state index contributed by atoms with van der Waals surface area (Å²) in [5.74, 6) is -0.281. The van der Waals surface area contributed by atoms with Crippen LogP contribution in [0.25, 0.3) is 11.0 Å². The lowest BCUT2D eigenvalue weighted by Crippen LogP contribution is -2.09. The quantitative estimate of drug-likeness (QED) is 0.564. The SMILES string of the molecule is CCOC(=O)c1cnc2nc(C)ccc2c1Nc1ccc(O)cc1. The van der Waals surface area contributed by atoms with Crippen molar-refractivity contribution in [1.29, 1.82) is 0 Å². The first-order valence-corrected chi connectivity index (χ1v) is 7.58. The number of pyridine rings is 2. The average molecular weight is 323 g/mol. The van der Waals surface area contributed by atoms with E-state index in [1.165, 1.54) is 6.20 Å². The maximum absolute atomic E-state index is 12.3. The molecule has 2 aromatic heterocycles. The molecule has 0 saturated carbocycles. The van der Waals surface area contributed by atoms with E-state index in [-0.39, 0.29) is 12.4 Å². The first kappa shape index (κ1) is 15.7. The van der Waals surface area contributed by atoms with Crippen molar-refractivity contribution in [1.82, 2.24) is 9.97 Å². The summed E-state index contributed by atoms with van der Waals surface area (Å²) >= 11 is 0. The number of nitrogens with zero attached hydrogens (tertiary/aromatic N) is 2. The third-order valence-corrected chi connectivity index (χ3v) is 3.50. The highest BCUT2D eigenvalue weighted by atomic mass is 16.5. The molecule has 3 aromatic rings. The largest absolute Gasteiger partial charge is 0.508 e. The van der Waals surface area contributed by atoms with E-state index in [4.69, 9.17) is 4.74 Å². The van der Waals surface area contributed by atoms with Crippen LogP contribution < -0.4 is 5.32 Å². The Kier molecular flexibility index (Phi) is 4.29. The molecule has 0 aliphatic carbocycles. The third-order valence-electron chi connectivity index (χ3n) is 3.50. The van der Waals surface area contributed by atoms with E-state index < -0.39 is 5.97 Å². The molecule has 24 heavy (non-hydrogen) atoms. The van der Waals surface area contributed by atoms with Crippen molar-refractivity contribution < 1.29 is 14.6 Å². The van der Waals surface area contributed by atoms with Gasteiger partial charge in [0.2, 0.25) is 0 Å². The Morgan fingerprint density at radius 1 is 1.21 bits per heavy atom. The van der Waals surface area contributed by atoms with E-state index in [1.807, 2.05) is 19.1 Å². The molecule has 0 aliphatic rings. The van der Waals surface area contributed by atoms with Crippen LogP contribution in [-0.4, -0.2) is 27.7 Å². The number of anilines is 2. The fourth-order valence-corrected chi connectivity index (χ4v) is 2.36. The zero-order valence-electron chi connectivity index (χ0n) is 13.4. The minimum atomic E-state index is -0.450. The number of phenols is 1. The van der Waals surface area contributed by atoms with Crippen LogP contribution in [0, 0.1) is 6.92 Å². The molecule has 2 heterocycles. The molecule has 0 spiro atoms. The van der Waals surface area contributed by atoms with Crippen molar-refractivity contribution in [2.24, 2.45) is 0 Å². The Bertz CT molecular complexity index is 892. The molecule has 3 rings (SSSR count). The predicted molar refractivity (Wildman–Crippen MR) is 91.6 cm³/mol.